The van der Waals surface area contributed by atoms with Gasteiger partial charge in [0.2, 0.25) is 5.91 Å². The Balaban J connectivity index is 0.000000267. The number of hydrogen-bond donors (Lipinski definition) is 4. The molecule has 0 aromatic heterocycles. The first kappa shape index (κ1) is 70.9. The lowest BCUT2D eigenvalue weighted by Crippen LogP contribution is -2.41. The fraction of sp³-hybridized carbons (Fsp3) is 0.385. The van der Waals surface area contributed by atoms with E-state index >= 15 is 0 Å². The van der Waals surface area contributed by atoms with Crippen LogP contribution in [0.2, 0.25) is 20.1 Å². The SMILES string of the molecule is C=CC[C@@H](N[C@H](C)c1ccccc1)C(=O)O.C=CC[C@@H]1C(=O)N(C(=O)OC(C)(C)C)[C@@H](c2c(Cl)cccc2Cl)N1[C@H](C)c1ccccc1.CCC[C@@H](N)C(=O)O.C[C@H](c1ccccc1)N1CC(=O)N(C(=O)OC(C)(C)C)[C@H]1c1c(Cl)cccc1Cl. The van der Waals surface area contributed by atoms with Crippen molar-refractivity contribution >= 4 is 82.3 Å². The number of nitrogens with zero attached hydrogens (tertiary/aromatic N) is 4. The van der Waals surface area contributed by atoms with Crippen molar-refractivity contribution in [3.8, 4) is 0 Å². The number of benzene rings is 5. The predicted octanol–water partition coefficient (Wildman–Crippen LogP) is 15.2. The molecule has 0 saturated carbocycles. The first-order chi connectivity index (χ1) is 40.0. The first-order valence-electron chi connectivity index (χ1n) is 27.9. The van der Waals surface area contributed by atoms with E-state index in [9.17, 15) is 28.8 Å². The average molecular weight is 1250 g/mol. The lowest BCUT2D eigenvalue weighted by Gasteiger charge is -2.36. The van der Waals surface area contributed by atoms with Crippen molar-refractivity contribution in [1.82, 2.24) is 24.9 Å². The predicted molar refractivity (Wildman–Crippen MR) is 336 cm³/mol. The molecule has 2 aliphatic rings. The molecule has 2 aliphatic heterocycles. The van der Waals surface area contributed by atoms with Crippen LogP contribution in [0, 0.1) is 0 Å². The number of nitrogens with two attached hydrogens (primary N) is 1. The van der Waals surface area contributed by atoms with E-state index in [-0.39, 0.29) is 36.5 Å². The van der Waals surface area contributed by atoms with Gasteiger partial charge < -0.3 is 25.4 Å². The van der Waals surface area contributed by atoms with E-state index in [1.54, 1.807) is 90.1 Å². The number of rotatable bonds is 17. The molecule has 7 rings (SSSR count). The number of imide groups is 2. The van der Waals surface area contributed by atoms with Crippen molar-refractivity contribution in [1.29, 1.82) is 0 Å². The van der Waals surface area contributed by atoms with E-state index in [2.05, 4.69) is 18.5 Å². The highest BCUT2D eigenvalue weighted by atomic mass is 35.5. The fourth-order valence-electron chi connectivity index (χ4n) is 9.44. The molecule has 5 N–H and O–H groups in total. The molecule has 0 spiro atoms. The average Bonchev–Trinajstić information content (AvgIpc) is 1.73. The van der Waals surface area contributed by atoms with Crippen molar-refractivity contribution in [2.75, 3.05) is 6.54 Å². The fourth-order valence-corrected chi connectivity index (χ4v) is 10.6. The van der Waals surface area contributed by atoms with Gasteiger partial charge in [-0.2, -0.15) is 0 Å². The Morgan fingerprint density at radius 1 is 0.635 bits per heavy atom. The van der Waals surface area contributed by atoms with Crippen molar-refractivity contribution in [3.05, 3.63) is 201 Å². The molecule has 2 heterocycles. The lowest BCUT2D eigenvalue weighted by atomic mass is 10.0. The normalized spacial score (nSPS) is 17.9. The summed E-state index contributed by atoms with van der Waals surface area (Å²) in [4.78, 5) is 79.9. The highest BCUT2D eigenvalue weighted by molar-refractivity contribution is 6.36. The maximum absolute atomic E-state index is 13.6. The van der Waals surface area contributed by atoms with Crippen molar-refractivity contribution < 1.29 is 48.5 Å². The Kier molecular flexibility index (Phi) is 27.3. The number of ether oxygens (including phenoxy) is 2. The monoisotopic (exact) mass is 1240 g/mol. The van der Waals surface area contributed by atoms with Gasteiger partial charge in [0.25, 0.3) is 5.91 Å². The minimum atomic E-state index is -0.910. The second-order valence-corrected chi connectivity index (χ2v) is 23.9. The third-order valence-corrected chi connectivity index (χ3v) is 14.8. The van der Waals surface area contributed by atoms with Gasteiger partial charge in [-0.25, -0.2) is 19.4 Å². The van der Waals surface area contributed by atoms with Crippen LogP contribution >= 0.6 is 46.4 Å². The molecule has 8 atom stereocenters. The molecule has 5 aromatic rings. The smallest absolute Gasteiger partial charge is 0.418 e. The molecule has 0 unspecified atom stereocenters. The first-order valence-corrected chi connectivity index (χ1v) is 29.4. The van der Waals surface area contributed by atoms with Gasteiger partial charge in [-0.05, 0) is 123 Å². The number of amides is 4. The van der Waals surface area contributed by atoms with Crippen LogP contribution in [0.3, 0.4) is 0 Å². The van der Waals surface area contributed by atoms with Crippen LogP contribution in [0.4, 0.5) is 9.59 Å². The van der Waals surface area contributed by atoms with Crippen molar-refractivity contribution in [2.24, 2.45) is 5.73 Å². The van der Waals surface area contributed by atoms with Crippen molar-refractivity contribution in [2.45, 2.75) is 155 Å². The number of aliphatic carboxylic acids is 2. The summed E-state index contributed by atoms with van der Waals surface area (Å²) in [5.74, 6) is -2.49. The summed E-state index contributed by atoms with van der Waals surface area (Å²) >= 11 is 26.1. The third kappa shape index (κ3) is 20.0. The number of carboxylic acids is 2. The van der Waals surface area contributed by atoms with Gasteiger partial charge in [-0.3, -0.25) is 34.3 Å². The Morgan fingerprint density at radius 2 is 1.06 bits per heavy atom. The summed E-state index contributed by atoms with van der Waals surface area (Å²) in [5.41, 5.74) is 7.69. The molecule has 0 bridgehead atoms. The minimum Gasteiger partial charge on any atom is -0.480 e. The van der Waals surface area contributed by atoms with Crippen LogP contribution < -0.4 is 11.1 Å². The largest absolute Gasteiger partial charge is 0.480 e. The second-order valence-electron chi connectivity index (χ2n) is 22.2. The molecule has 16 nitrogen and oxygen atoms in total. The van der Waals surface area contributed by atoms with E-state index in [1.165, 1.54) is 0 Å². The molecule has 2 saturated heterocycles. The van der Waals surface area contributed by atoms with Crippen LogP contribution in [-0.4, -0.2) is 102 Å². The van der Waals surface area contributed by atoms with E-state index in [4.69, 9.17) is 71.8 Å². The number of carbonyl (C=O) groups excluding carboxylic acids is 4. The molecular weight excluding hydrogens is 1170 g/mol. The summed E-state index contributed by atoms with van der Waals surface area (Å²) in [6.07, 6.45) is 2.41. The van der Waals surface area contributed by atoms with Crippen LogP contribution in [-0.2, 0) is 28.7 Å². The number of carbonyl (C=O) groups is 6. The zero-order valence-electron chi connectivity index (χ0n) is 49.9. The van der Waals surface area contributed by atoms with Gasteiger partial charge in [0, 0.05) is 49.3 Å². The molecule has 20 heteroatoms. The molecule has 5 aromatic carbocycles. The van der Waals surface area contributed by atoms with Gasteiger partial charge >= 0.3 is 24.1 Å². The molecule has 458 valence electrons. The van der Waals surface area contributed by atoms with E-state index in [0.29, 0.717) is 50.5 Å². The molecule has 0 aliphatic carbocycles. The number of halogens is 4. The number of nitrogens with one attached hydrogen (secondary N) is 1. The molecule has 85 heavy (non-hydrogen) atoms. The second kappa shape index (κ2) is 32.8. The van der Waals surface area contributed by atoms with Crippen LogP contribution in [0.15, 0.2) is 153 Å². The molecular formula is C65H80Cl4N6O10. The lowest BCUT2D eigenvalue weighted by molar-refractivity contribution is -0.140. The van der Waals surface area contributed by atoms with Crippen LogP contribution in [0.5, 0.6) is 0 Å². The van der Waals surface area contributed by atoms with Gasteiger partial charge in [-0.15, -0.1) is 13.2 Å². The highest BCUT2D eigenvalue weighted by Gasteiger charge is 2.53. The maximum Gasteiger partial charge on any atom is 0.418 e. The summed E-state index contributed by atoms with van der Waals surface area (Å²) in [6, 6.07) is 37.3. The van der Waals surface area contributed by atoms with Crippen LogP contribution in [0.1, 0.15) is 153 Å². The summed E-state index contributed by atoms with van der Waals surface area (Å²) in [7, 11) is 0. The van der Waals surface area contributed by atoms with Gasteiger partial charge in [0.1, 0.15) is 35.6 Å². The zero-order chi connectivity index (χ0) is 63.5. The van der Waals surface area contributed by atoms with Crippen molar-refractivity contribution in [3.63, 3.8) is 0 Å². The molecule has 2 fully saturated rings. The van der Waals surface area contributed by atoms with E-state index < -0.39 is 65.8 Å². The van der Waals surface area contributed by atoms with Crippen LogP contribution in [0.25, 0.3) is 0 Å². The quantitative estimate of drug-likeness (QED) is 0.0638. The Morgan fingerprint density at radius 3 is 1.45 bits per heavy atom. The topological polar surface area (TPSA) is 212 Å². The zero-order valence-corrected chi connectivity index (χ0v) is 52.9. The van der Waals surface area contributed by atoms with Gasteiger partial charge in [-0.1, -0.05) is 175 Å². The standard InChI is InChI=1S/C25H28Cl2N2O3.C22H24Cl2N2O3.C13H17NO2.C5H11NO2/c1-6-11-20-23(30)29(24(31)32-25(3,4)5)22(21-18(26)14-10-15-19(21)27)28(20)16(2)17-12-8-7-9-13-17;1-14(15-9-6-5-7-10-15)25-13-18(27)26(21(28)29-22(2,3)4)20(25)19-16(23)11-8-12-17(19)24;1-3-7-12(13(15)16)14-10(2)11-8-5-4-6-9-11;1-2-3-4(6)5(7)8/h6-10,12-16,20,22H,1,11H2,2-5H3;5-12,14,20H,13H2,1-4H3;3-6,8-10,12,14H,1,7H2,2H3,(H,15,16);4H,2-3,6H2,1H3,(H,7,8)/t16-,20-,22+;14-,20+;10-,12-;4-/m1111/s1. The van der Waals surface area contributed by atoms with Gasteiger partial charge in [0.05, 0.1) is 12.6 Å². The summed E-state index contributed by atoms with van der Waals surface area (Å²) < 4.78 is 11.1. The summed E-state index contributed by atoms with van der Waals surface area (Å²) in [5, 5.41) is 21.7. The number of hydrogen-bond acceptors (Lipinski definition) is 12. The Hall–Kier alpha value is -6.60. The maximum atomic E-state index is 13.6. The summed E-state index contributed by atoms with van der Waals surface area (Å²) in [6.45, 7) is 25.8. The van der Waals surface area contributed by atoms with Gasteiger partial charge in [0.15, 0.2) is 0 Å². The number of carboxylic acid groups (broad SMARTS) is 2. The minimum absolute atomic E-state index is 0.0160. The Bertz CT molecular complexity index is 3010. The molecule has 4 amide bonds. The third-order valence-electron chi connectivity index (χ3n) is 13.5. The Labute approximate surface area is 520 Å². The van der Waals surface area contributed by atoms with E-state index in [1.807, 2.05) is 128 Å². The van der Waals surface area contributed by atoms with E-state index in [0.717, 1.165) is 32.9 Å². The highest BCUT2D eigenvalue weighted by Crippen LogP contribution is 2.47. The molecule has 0 radical (unpaired) electrons.